The summed E-state index contributed by atoms with van der Waals surface area (Å²) in [5.74, 6) is 0.622. The van der Waals surface area contributed by atoms with E-state index >= 15 is 0 Å². The monoisotopic (exact) mass is 248 g/mol. The zero-order valence-corrected chi connectivity index (χ0v) is 11.0. The molecule has 0 spiro atoms. The standard InChI is InChI=1S/C11H20N2O2.ClH/c1-11(2,3)15-10(14)13-7-8-4-9(13)6-12-5-8;/h8-9,12H,4-7H2,1-3H3;1H/t8-,9+;/m0./s1. The summed E-state index contributed by atoms with van der Waals surface area (Å²) < 4.78 is 5.39. The van der Waals surface area contributed by atoms with Gasteiger partial charge in [0.2, 0.25) is 0 Å². The molecule has 1 N–H and O–H groups in total. The summed E-state index contributed by atoms with van der Waals surface area (Å²) in [5, 5.41) is 3.35. The molecular weight excluding hydrogens is 228 g/mol. The molecule has 4 nitrogen and oxygen atoms in total. The number of hydrogen-bond acceptors (Lipinski definition) is 3. The van der Waals surface area contributed by atoms with Crippen molar-refractivity contribution in [2.24, 2.45) is 5.92 Å². The van der Waals surface area contributed by atoms with Crippen LogP contribution in [0.25, 0.3) is 0 Å². The van der Waals surface area contributed by atoms with Gasteiger partial charge in [-0.1, -0.05) is 0 Å². The van der Waals surface area contributed by atoms with Crippen LogP contribution < -0.4 is 5.32 Å². The van der Waals surface area contributed by atoms with Crippen LogP contribution in [0.4, 0.5) is 4.79 Å². The number of carbonyl (C=O) groups is 1. The summed E-state index contributed by atoms with van der Waals surface area (Å²) in [4.78, 5) is 13.8. The highest BCUT2D eigenvalue weighted by Crippen LogP contribution is 2.27. The largest absolute Gasteiger partial charge is 0.444 e. The molecule has 5 heteroatoms. The van der Waals surface area contributed by atoms with E-state index in [4.69, 9.17) is 4.74 Å². The van der Waals surface area contributed by atoms with E-state index in [0.29, 0.717) is 12.0 Å². The maximum Gasteiger partial charge on any atom is 0.410 e. The second-order valence-corrected chi connectivity index (χ2v) is 5.55. The molecule has 2 heterocycles. The molecule has 2 aliphatic heterocycles. The molecule has 0 aromatic rings. The maximum absolute atomic E-state index is 11.9. The number of nitrogens with zero attached hydrogens (tertiary/aromatic N) is 1. The lowest BCUT2D eigenvalue weighted by Crippen LogP contribution is -2.43. The molecule has 94 valence electrons. The number of ether oxygens (including phenoxy) is 1. The summed E-state index contributed by atoms with van der Waals surface area (Å²) in [6.45, 7) is 8.53. The Morgan fingerprint density at radius 1 is 1.38 bits per heavy atom. The molecule has 0 aliphatic carbocycles. The average molecular weight is 249 g/mol. The molecule has 0 unspecified atom stereocenters. The zero-order chi connectivity index (χ0) is 11.1. The first-order valence-corrected chi connectivity index (χ1v) is 5.66. The van der Waals surface area contributed by atoms with Crippen molar-refractivity contribution in [2.75, 3.05) is 19.6 Å². The molecule has 1 amide bonds. The topological polar surface area (TPSA) is 41.6 Å². The summed E-state index contributed by atoms with van der Waals surface area (Å²) in [6.07, 6.45) is 0.977. The zero-order valence-electron chi connectivity index (χ0n) is 10.2. The predicted octanol–water partition coefficient (Wildman–Crippen LogP) is 1.64. The number of amides is 1. The lowest BCUT2D eigenvalue weighted by atomic mass is 10.0. The van der Waals surface area contributed by atoms with E-state index in [9.17, 15) is 4.79 Å². The first-order chi connectivity index (χ1) is 6.96. The van der Waals surface area contributed by atoms with Crippen LogP contribution in [0.2, 0.25) is 0 Å². The minimum Gasteiger partial charge on any atom is -0.444 e. The van der Waals surface area contributed by atoms with Crippen molar-refractivity contribution in [3.63, 3.8) is 0 Å². The van der Waals surface area contributed by atoms with E-state index in [1.807, 2.05) is 25.7 Å². The van der Waals surface area contributed by atoms with Crippen LogP contribution in [-0.2, 0) is 4.74 Å². The minimum atomic E-state index is -0.388. The van der Waals surface area contributed by atoms with Gasteiger partial charge in [0, 0.05) is 19.1 Å². The predicted molar refractivity (Wildman–Crippen MR) is 65.0 cm³/mol. The Hall–Kier alpha value is -0.480. The molecule has 0 aromatic carbocycles. The smallest absolute Gasteiger partial charge is 0.410 e. The first kappa shape index (κ1) is 13.6. The quantitative estimate of drug-likeness (QED) is 0.709. The van der Waals surface area contributed by atoms with Gasteiger partial charge in [-0.25, -0.2) is 4.79 Å². The van der Waals surface area contributed by atoms with Gasteiger partial charge in [-0.2, -0.15) is 0 Å². The molecule has 16 heavy (non-hydrogen) atoms. The fourth-order valence-corrected chi connectivity index (χ4v) is 2.35. The Labute approximate surface area is 103 Å². The lowest BCUT2D eigenvalue weighted by molar-refractivity contribution is 0.0231. The van der Waals surface area contributed by atoms with Crippen molar-refractivity contribution >= 4 is 18.5 Å². The number of piperidine rings is 1. The van der Waals surface area contributed by atoms with Crippen molar-refractivity contribution in [3.8, 4) is 0 Å². The maximum atomic E-state index is 11.9. The van der Waals surface area contributed by atoms with Crippen LogP contribution in [0.1, 0.15) is 27.2 Å². The number of hydrogen-bond donors (Lipinski definition) is 1. The Bertz CT molecular complexity index is 265. The molecule has 0 aromatic heterocycles. The Balaban J connectivity index is 0.00000128. The average Bonchev–Trinajstić information content (AvgIpc) is 2.38. The van der Waals surface area contributed by atoms with Crippen molar-refractivity contribution in [2.45, 2.75) is 38.8 Å². The van der Waals surface area contributed by atoms with Crippen molar-refractivity contribution in [1.29, 1.82) is 0 Å². The van der Waals surface area contributed by atoms with Crippen LogP contribution in [0.3, 0.4) is 0 Å². The van der Waals surface area contributed by atoms with Gasteiger partial charge in [-0.05, 0) is 39.7 Å². The molecule has 0 saturated carbocycles. The third kappa shape index (κ3) is 3.01. The molecule has 2 rings (SSSR count). The summed E-state index contributed by atoms with van der Waals surface area (Å²) in [7, 11) is 0. The lowest BCUT2D eigenvalue weighted by Gasteiger charge is -2.28. The highest BCUT2D eigenvalue weighted by atomic mass is 35.5. The second kappa shape index (κ2) is 4.80. The molecule has 2 fully saturated rings. The molecule has 2 saturated heterocycles. The van der Waals surface area contributed by atoms with Gasteiger partial charge in [0.15, 0.2) is 0 Å². The van der Waals surface area contributed by atoms with E-state index in [1.165, 1.54) is 0 Å². The highest BCUT2D eigenvalue weighted by Gasteiger charge is 2.39. The van der Waals surface area contributed by atoms with Gasteiger partial charge < -0.3 is 15.0 Å². The van der Waals surface area contributed by atoms with E-state index in [-0.39, 0.29) is 24.1 Å². The summed E-state index contributed by atoms with van der Waals surface area (Å²) in [6, 6.07) is 0.346. The third-order valence-electron chi connectivity index (χ3n) is 2.94. The van der Waals surface area contributed by atoms with Crippen LogP contribution in [0.5, 0.6) is 0 Å². The van der Waals surface area contributed by atoms with Gasteiger partial charge in [-0.15, -0.1) is 12.4 Å². The molecular formula is C11H21ClN2O2. The van der Waals surface area contributed by atoms with E-state index in [0.717, 1.165) is 26.1 Å². The Morgan fingerprint density at radius 2 is 2.06 bits per heavy atom. The number of carbonyl (C=O) groups excluding carboxylic acids is 1. The van der Waals surface area contributed by atoms with E-state index in [2.05, 4.69) is 5.32 Å². The van der Waals surface area contributed by atoms with Crippen LogP contribution in [-0.4, -0.2) is 42.3 Å². The Kier molecular flexibility index (Phi) is 4.07. The van der Waals surface area contributed by atoms with Crippen LogP contribution in [0.15, 0.2) is 0 Å². The number of rotatable bonds is 0. The normalized spacial score (nSPS) is 28.6. The highest BCUT2D eigenvalue weighted by molar-refractivity contribution is 5.85. The summed E-state index contributed by atoms with van der Waals surface area (Å²) >= 11 is 0. The number of halogens is 1. The summed E-state index contributed by atoms with van der Waals surface area (Å²) in [5.41, 5.74) is -0.388. The molecule has 2 atom stereocenters. The number of likely N-dealkylation sites (tertiary alicyclic amines) is 1. The van der Waals surface area contributed by atoms with Gasteiger partial charge in [-0.3, -0.25) is 0 Å². The fourth-order valence-electron chi connectivity index (χ4n) is 2.35. The first-order valence-electron chi connectivity index (χ1n) is 5.66. The van der Waals surface area contributed by atoms with Crippen LogP contribution in [0, 0.1) is 5.92 Å². The fraction of sp³-hybridized carbons (Fsp3) is 0.909. The van der Waals surface area contributed by atoms with Crippen molar-refractivity contribution < 1.29 is 9.53 Å². The van der Waals surface area contributed by atoms with Gasteiger partial charge in [0.25, 0.3) is 0 Å². The SMILES string of the molecule is CC(C)(C)OC(=O)N1C[C@@H]2CNC[C@H]1C2.Cl. The molecule has 0 radical (unpaired) electrons. The Morgan fingerprint density at radius 3 is 2.62 bits per heavy atom. The van der Waals surface area contributed by atoms with E-state index < -0.39 is 0 Å². The molecule has 2 aliphatic rings. The minimum absolute atomic E-state index is 0. The van der Waals surface area contributed by atoms with Crippen molar-refractivity contribution in [1.82, 2.24) is 10.2 Å². The van der Waals surface area contributed by atoms with Gasteiger partial charge in [0.05, 0.1) is 0 Å². The van der Waals surface area contributed by atoms with E-state index in [1.54, 1.807) is 0 Å². The van der Waals surface area contributed by atoms with Gasteiger partial charge in [0.1, 0.15) is 5.60 Å². The third-order valence-corrected chi connectivity index (χ3v) is 2.94. The van der Waals surface area contributed by atoms with Crippen molar-refractivity contribution in [3.05, 3.63) is 0 Å². The van der Waals surface area contributed by atoms with Gasteiger partial charge >= 0.3 is 6.09 Å². The number of fused-ring (bicyclic) bond motifs is 2. The second-order valence-electron chi connectivity index (χ2n) is 5.55. The molecule has 2 bridgehead atoms. The van der Waals surface area contributed by atoms with Crippen LogP contribution >= 0.6 is 12.4 Å². The number of nitrogens with one attached hydrogen (secondary N) is 1.